The molecule has 0 spiro atoms. The molecule has 1 saturated carbocycles. The van der Waals surface area contributed by atoms with Crippen LogP contribution in [0.25, 0.3) is 10.9 Å². The third-order valence-electron chi connectivity index (χ3n) is 6.06. The zero-order valence-electron chi connectivity index (χ0n) is 16.5. The van der Waals surface area contributed by atoms with Gasteiger partial charge in [0.05, 0.1) is 5.52 Å². The lowest BCUT2D eigenvalue weighted by atomic mass is 9.96. The van der Waals surface area contributed by atoms with Crippen molar-refractivity contribution in [1.82, 2.24) is 15.2 Å². The molecule has 1 aliphatic carbocycles. The van der Waals surface area contributed by atoms with Crippen LogP contribution >= 0.6 is 12.2 Å². The Morgan fingerprint density at radius 2 is 1.78 bits per heavy atom. The Morgan fingerprint density at radius 1 is 1.04 bits per heavy atom. The number of benzene rings is 1. The summed E-state index contributed by atoms with van der Waals surface area (Å²) in [6.45, 7) is 8.20. The molecule has 4 rings (SSSR count). The van der Waals surface area contributed by atoms with Crippen LogP contribution in [-0.4, -0.2) is 47.2 Å². The Kier molecular flexibility index (Phi) is 5.48. The first-order valence-electron chi connectivity index (χ1n) is 10.3. The van der Waals surface area contributed by atoms with Crippen molar-refractivity contribution in [3.63, 3.8) is 0 Å². The van der Waals surface area contributed by atoms with Crippen LogP contribution in [0.2, 0.25) is 0 Å². The Morgan fingerprint density at radius 3 is 2.52 bits per heavy atom. The third-order valence-corrected chi connectivity index (χ3v) is 6.43. The van der Waals surface area contributed by atoms with Gasteiger partial charge in [0, 0.05) is 37.6 Å². The van der Waals surface area contributed by atoms with Gasteiger partial charge in [0.25, 0.3) is 0 Å². The number of nitrogens with one attached hydrogen (secondary N) is 1. The molecule has 0 atom stereocenters. The van der Waals surface area contributed by atoms with Gasteiger partial charge in [-0.2, -0.15) is 0 Å². The van der Waals surface area contributed by atoms with E-state index in [1.54, 1.807) is 0 Å². The number of rotatable bonds is 2. The third kappa shape index (κ3) is 4.03. The van der Waals surface area contributed by atoms with Crippen LogP contribution in [0.15, 0.2) is 24.3 Å². The molecule has 144 valence electrons. The van der Waals surface area contributed by atoms with E-state index in [0.717, 1.165) is 42.6 Å². The van der Waals surface area contributed by atoms with Gasteiger partial charge in [-0.1, -0.05) is 37.5 Å². The van der Waals surface area contributed by atoms with Gasteiger partial charge in [0.1, 0.15) is 5.82 Å². The highest BCUT2D eigenvalue weighted by Crippen LogP contribution is 2.25. The van der Waals surface area contributed by atoms with Gasteiger partial charge < -0.3 is 15.1 Å². The van der Waals surface area contributed by atoms with E-state index in [2.05, 4.69) is 53.2 Å². The van der Waals surface area contributed by atoms with Crippen LogP contribution in [0.4, 0.5) is 5.82 Å². The molecule has 2 aliphatic rings. The molecule has 5 heteroatoms. The second-order valence-electron chi connectivity index (χ2n) is 8.03. The van der Waals surface area contributed by atoms with Crippen LogP contribution in [0.3, 0.4) is 0 Å². The van der Waals surface area contributed by atoms with Crippen LogP contribution in [0, 0.1) is 13.8 Å². The number of thiocarbonyl (C=S) groups is 1. The van der Waals surface area contributed by atoms with Crippen LogP contribution in [0.1, 0.15) is 43.2 Å². The van der Waals surface area contributed by atoms with Gasteiger partial charge in [-0.3, -0.25) is 0 Å². The molecule has 2 heterocycles. The predicted octanol–water partition coefficient (Wildman–Crippen LogP) is 4.18. The van der Waals surface area contributed by atoms with Crippen LogP contribution in [0.5, 0.6) is 0 Å². The fourth-order valence-electron chi connectivity index (χ4n) is 4.36. The number of para-hydroxylation sites is 1. The lowest BCUT2D eigenvalue weighted by molar-refractivity contribution is 0.354. The lowest BCUT2D eigenvalue weighted by Crippen LogP contribution is -2.53. The van der Waals surface area contributed by atoms with Crippen molar-refractivity contribution < 1.29 is 0 Å². The summed E-state index contributed by atoms with van der Waals surface area (Å²) in [7, 11) is 0. The Balaban J connectivity index is 1.41. The maximum absolute atomic E-state index is 5.69. The normalized spacial score (nSPS) is 18.7. The van der Waals surface area contributed by atoms with E-state index in [4.69, 9.17) is 17.2 Å². The summed E-state index contributed by atoms with van der Waals surface area (Å²) in [5.74, 6) is 1.10. The first-order valence-corrected chi connectivity index (χ1v) is 10.7. The van der Waals surface area contributed by atoms with E-state index in [0.29, 0.717) is 6.04 Å². The first kappa shape index (κ1) is 18.5. The van der Waals surface area contributed by atoms with E-state index in [1.807, 2.05) is 0 Å². The fraction of sp³-hybridized carbons (Fsp3) is 0.545. The average Bonchev–Trinajstić information content (AvgIpc) is 2.69. The minimum absolute atomic E-state index is 0.581. The zero-order chi connectivity index (χ0) is 18.8. The molecule has 4 nitrogen and oxygen atoms in total. The van der Waals surface area contributed by atoms with E-state index in [1.165, 1.54) is 48.6 Å². The molecule has 1 aromatic heterocycles. The molecule has 27 heavy (non-hydrogen) atoms. The molecule has 1 N–H and O–H groups in total. The largest absolute Gasteiger partial charge is 0.360 e. The van der Waals surface area contributed by atoms with Gasteiger partial charge in [-0.05, 0) is 56.1 Å². The summed E-state index contributed by atoms with van der Waals surface area (Å²) in [5, 5.41) is 5.81. The smallest absolute Gasteiger partial charge is 0.169 e. The van der Waals surface area contributed by atoms with Crippen molar-refractivity contribution in [3.8, 4) is 0 Å². The Bertz CT molecular complexity index is 820. The minimum Gasteiger partial charge on any atom is -0.360 e. The number of anilines is 1. The van der Waals surface area contributed by atoms with Gasteiger partial charge in [-0.25, -0.2) is 4.98 Å². The summed E-state index contributed by atoms with van der Waals surface area (Å²) in [5.41, 5.74) is 3.67. The number of hydrogen-bond donors (Lipinski definition) is 1. The highest BCUT2D eigenvalue weighted by Gasteiger charge is 2.22. The molecule has 0 unspecified atom stereocenters. The molecule has 2 aromatic rings. The molecule has 0 amide bonds. The number of aryl methyl sites for hydroxylation is 2. The number of nitrogens with zero attached hydrogens (tertiary/aromatic N) is 3. The molecular formula is C22H30N4S. The lowest BCUT2D eigenvalue weighted by Gasteiger charge is -2.38. The number of hydrogen-bond acceptors (Lipinski definition) is 3. The monoisotopic (exact) mass is 382 g/mol. The van der Waals surface area contributed by atoms with Crippen molar-refractivity contribution in [2.75, 3.05) is 31.1 Å². The Hall–Kier alpha value is -1.88. The molecule has 1 saturated heterocycles. The number of piperazine rings is 1. The van der Waals surface area contributed by atoms with E-state index in [-0.39, 0.29) is 0 Å². The first-order chi connectivity index (χ1) is 13.1. The summed E-state index contributed by atoms with van der Waals surface area (Å²) in [6.07, 6.45) is 6.57. The summed E-state index contributed by atoms with van der Waals surface area (Å²) in [4.78, 5) is 9.72. The van der Waals surface area contributed by atoms with Crippen molar-refractivity contribution >= 4 is 34.1 Å². The molecule has 0 radical (unpaired) electrons. The summed E-state index contributed by atoms with van der Waals surface area (Å²) >= 11 is 5.69. The summed E-state index contributed by atoms with van der Waals surface area (Å²) in [6, 6.07) is 9.24. The van der Waals surface area contributed by atoms with Crippen molar-refractivity contribution in [2.24, 2.45) is 0 Å². The SMILES string of the molecule is Cc1cc(N2CCN(C(=S)NC3CCCCC3)CC2)nc2c(C)cccc12. The van der Waals surface area contributed by atoms with E-state index in [9.17, 15) is 0 Å². The van der Waals surface area contributed by atoms with Gasteiger partial charge in [0.15, 0.2) is 5.11 Å². The van der Waals surface area contributed by atoms with Gasteiger partial charge in [0.2, 0.25) is 0 Å². The van der Waals surface area contributed by atoms with E-state index >= 15 is 0 Å². The number of fused-ring (bicyclic) bond motifs is 1. The molecule has 1 aromatic carbocycles. The summed E-state index contributed by atoms with van der Waals surface area (Å²) < 4.78 is 0. The minimum atomic E-state index is 0.581. The topological polar surface area (TPSA) is 31.4 Å². The fourth-order valence-corrected chi connectivity index (χ4v) is 4.71. The van der Waals surface area contributed by atoms with Crippen LogP contribution < -0.4 is 10.2 Å². The molecule has 1 aliphatic heterocycles. The average molecular weight is 383 g/mol. The number of pyridine rings is 1. The second-order valence-corrected chi connectivity index (χ2v) is 8.41. The number of aromatic nitrogens is 1. The van der Waals surface area contributed by atoms with Gasteiger partial charge >= 0.3 is 0 Å². The standard InChI is InChI=1S/C22H30N4S/c1-16-7-6-10-19-17(2)15-20(24-21(16)19)25-11-13-26(14-12-25)22(27)23-18-8-4-3-5-9-18/h6-7,10,15,18H,3-5,8-9,11-14H2,1-2H3,(H,23,27). The second kappa shape index (κ2) is 8.01. The quantitative estimate of drug-likeness (QED) is 0.788. The maximum atomic E-state index is 5.69. The van der Waals surface area contributed by atoms with Crippen molar-refractivity contribution in [2.45, 2.75) is 52.0 Å². The predicted molar refractivity (Wildman–Crippen MR) is 118 cm³/mol. The molecule has 2 fully saturated rings. The van der Waals surface area contributed by atoms with Gasteiger partial charge in [-0.15, -0.1) is 0 Å². The van der Waals surface area contributed by atoms with Crippen LogP contribution in [-0.2, 0) is 0 Å². The van der Waals surface area contributed by atoms with E-state index < -0.39 is 0 Å². The van der Waals surface area contributed by atoms with Crippen molar-refractivity contribution in [1.29, 1.82) is 0 Å². The molecular weight excluding hydrogens is 352 g/mol. The van der Waals surface area contributed by atoms with Crippen molar-refractivity contribution in [3.05, 3.63) is 35.4 Å². The molecule has 0 bridgehead atoms. The maximum Gasteiger partial charge on any atom is 0.169 e. The highest BCUT2D eigenvalue weighted by atomic mass is 32.1. The zero-order valence-corrected chi connectivity index (χ0v) is 17.3. The highest BCUT2D eigenvalue weighted by molar-refractivity contribution is 7.80. The Labute approximate surface area is 167 Å².